The highest BCUT2D eigenvalue weighted by Crippen LogP contribution is 2.37. The fourth-order valence-corrected chi connectivity index (χ4v) is 2.49. The maximum absolute atomic E-state index is 13.7. The lowest BCUT2D eigenvalue weighted by atomic mass is 10.0. The molecule has 6 heteroatoms. The number of methoxy groups -OCH3 is 1. The Morgan fingerprint density at radius 3 is 2.85 bits per heavy atom. The average Bonchev–Trinajstić information content (AvgIpc) is 2.87. The first-order valence-corrected chi connectivity index (χ1v) is 6.35. The molecule has 0 amide bonds. The summed E-state index contributed by atoms with van der Waals surface area (Å²) in [6, 6.07) is 5.60. The van der Waals surface area contributed by atoms with Crippen molar-refractivity contribution in [1.82, 2.24) is 10.3 Å². The summed E-state index contributed by atoms with van der Waals surface area (Å²) in [5.74, 6) is -1.32. The highest BCUT2D eigenvalue weighted by Gasteiger charge is 2.28. The molecule has 1 aromatic heterocycles. The highest BCUT2D eigenvalue weighted by atomic mass is 35.5. The number of fused-ring (bicyclic) bond motifs is 1. The fourth-order valence-electron chi connectivity index (χ4n) is 2.29. The van der Waals surface area contributed by atoms with Gasteiger partial charge < -0.3 is 4.74 Å². The quantitative estimate of drug-likeness (QED) is 0.794. The van der Waals surface area contributed by atoms with E-state index in [-0.39, 0.29) is 11.2 Å². The van der Waals surface area contributed by atoms with Gasteiger partial charge in [-0.1, -0.05) is 11.6 Å². The number of nitrogens with zero attached hydrogens (tertiary/aromatic N) is 2. The van der Waals surface area contributed by atoms with Crippen molar-refractivity contribution in [3.05, 3.63) is 52.2 Å². The topological polar surface area (TPSA) is 36.2 Å². The van der Waals surface area contributed by atoms with Crippen LogP contribution in [0.1, 0.15) is 17.2 Å². The number of aromatic nitrogens is 1. The smallest absolute Gasteiger partial charge is 0.214 e. The van der Waals surface area contributed by atoms with Crippen LogP contribution in [-0.2, 0) is 6.42 Å². The van der Waals surface area contributed by atoms with Gasteiger partial charge in [0.05, 0.1) is 18.8 Å². The van der Waals surface area contributed by atoms with E-state index in [0.29, 0.717) is 23.6 Å². The molecule has 1 aromatic carbocycles. The van der Waals surface area contributed by atoms with Gasteiger partial charge in [0.1, 0.15) is 5.15 Å². The van der Waals surface area contributed by atoms with E-state index in [2.05, 4.69) is 10.3 Å². The summed E-state index contributed by atoms with van der Waals surface area (Å²) in [7, 11) is 1.48. The van der Waals surface area contributed by atoms with Crippen molar-refractivity contribution in [2.75, 3.05) is 7.11 Å². The molecule has 3 rings (SSSR count). The molecule has 2 aromatic rings. The zero-order valence-corrected chi connectivity index (χ0v) is 11.3. The Hall–Kier alpha value is -1.88. The Morgan fingerprint density at radius 2 is 2.10 bits per heavy atom. The summed E-state index contributed by atoms with van der Waals surface area (Å²) in [5.41, 5.74) is 1.53. The van der Waals surface area contributed by atoms with Crippen molar-refractivity contribution in [1.29, 1.82) is 0 Å². The first kappa shape index (κ1) is 13.1. The zero-order valence-electron chi connectivity index (χ0n) is 10.5. The van der Waals surface area contributed by atoms with Gasteiger partial charge in [-0.05, 0) is 23.8 Å². The third-order valence-electron chi connectivity index (χ3n) is 3.25. The second-order valence-corrected chi connectivity index (χ2v) is 4.86. The van der Waals surface area contributed by atoms with Crippen LogP contribution in [0.15, 0.2) is 24.3 Å². The monoisotopic (exact) mass is 295 g/mol. The van der Waals surface area contributed by atoms with E-state index in [9.17, 15) is 8.78 Å². The SMILES string of the molecule is COc1cc(C2Cc3c(ccc(F)c3F)[N]2)cc(Cl)n1. The molecule has 0 saturated carbocycles. The molecule has 0 fully saturated rings. The van der Waals surface area contributed by atoms with Gasteiger partial charge in [-0.15, -0.1) is 0 Å². The predicted molar refractivity (Wildman–Crippen MR) is 70.4 cm³/mol. The van der Waals surface area contributed by atoms with Gasteiger partial charge in [0.15, 0.2) is 11.6 Å². The number of halogens is 3. The van der Waals surface area contributed by atoms with Gasteiger partial charge in [0.2, 0.25) is 5.88 Å². The molecule has 20 heavy (non-hydrogen) atoms. The van der Waals surface area contributed by atoms with Crippen LogP contribution in [0.3, 0.4) is 0 Å². The Bertz CT molecular complexity index is 678. The van der Waals surface area contributed by atoms with Crippen LogP contribution < -0.4 is 10.1 Å². The minimum absolute atomic E-state index is 0.275. The van der Waals surface area contributed by atoms with Gasteiger partial charge in [0.25, 0.3) is 0 Å². The Kier molecular flexibility index (Phi) is 3.22. The second kappa shape index (κ2) is 4.90. The van der Waals surface area contributed by atoms with Crippen LogP contribution in [0.25, 0.3) is 0 Å². The maximum atomic E-state index is 13.7. The zero-order chi connectivity index (χ0) is 14.3. The minimum Gasteiger partial charge on any atom is -0.481 e. The van der Waals surface area contributed by atoms with Crippen LogP contribution in [0.4, 0.5) is 14.5 Å². The van der Waals surface area contributed by atoms with Crippen molar-refractivity contribution in [3.8, 4) is 5.88 Å². The van der Waals surface area contributed by atoms with E-state index >= 15 is 0 Å². The first-order chi connectivity index (χ1) is 9.58. The van der Waals surface area contributed by atoms with E-state index in [4.69, 9.17) is 16.3 Å². The van der Waals surface area contributed by atoms with Crippen LogP contribution in [0.2, 0.25) is 5.15 Å². The molecule has 0 aliphatic carbocycles. The van der Waals surface area contributed by atoms with Crippen LogP contribution in [0.5, 0.6) is 5.88 Å². The summed E-state index contributed by atoms with van der Waals surface area (Å²) < 4.78 is 32.0. The molecular formula is C14H10ClF2N2O. The average molecular weight is 296 g/mol. The van der Waals surface area contributed by atoms with Crippen LogP contribution >= 0.6 is 11.6 Å². The van der Waals surface area contributed by atoms with E-state index in [0.717, 1.165) is 11.6 Å². The van der Waals surface area contributed by atoms with Crippen molar-refractivity contribution in [2.24, 2.45) is 0 Å². The normalized spacial score (nSPS) is 16.7. The molecule has 0 N–H and O–H groups in total. The number of benzene rings is 1. The van der Waals surface area contributed by atoms with Gasteiger partial charge in [-0.3, -0.25) is 5.32 Å². The summed E-state index contributed by atoms with van der Waals surface area (Å²) in [6.07, 6.45) is 0.294. The second-order valence-electron chi connectivity index (χ2n) is 4.47. The van der Waals surface area contributed by atoms with Crippen molar-refractivity contribution < 1.29 is 13.5 Å². The highest BCUT2D eigenvalue weighted by molar-refractivity contribution is 6.29. The van der Waals surface area contributed by atoms with Gasteiger partial charge in [-0.25, -0.2) is 13.8 Å². The van der Waals surface area contributed by atoms with Crippen molar-refractivity contribution in [2.45, 2.75) is 12.5 Å². The number of ether oxygens (including phenoxy) is 1. The van der Waals surface area contributed by atoms with E-state index < -0.39 is 11.6 Å². The Balaban J connectivity index is 1.96. The standard InChI is InChI=1S/C14H10ClF2N2O/c1-20-13-5-7(4-12(15)19-13)11-6-8-10(18-11)3-2-9(16)14(8)17/h2-5,11H,6H2,1H3. The molecule has 0 saturated heterocycles. The summed E-state index contributed by atoms with van der Waals surface area (Å²) in [4.78, 5) is 3.97. The number of hydrogen-bond acceptors (Lipinski definition) is 2. The molecule has 1 atom stereocenters. The fraction of sp³-hybridized carbons (Fsp3) is 0.214. The molecule has 2 heterocycles. The van der Waals surface area contributed by atoms with Gasteiger partial charge in [-0.2, -0.15) is 0 Å². The van der Waals surface area contributed by atoms with Crippen molar-refractivity contribution >= 4 is 17.3 Å². The largest absolute Gasteiger partial charge is 0.481 e. The van der Waals surface area contributed by atoms with E-state index in [1.165, 1.54) is 13.2 Å². The lowest BCUT2D eigenvalue weighted by molar-refractivity contribution is 0.396. The molecule has 3 nitrogen and oxygen atoms in total. The molecular weight excluding hydrogens is 286 g/mol. The first-order valence-electron chi connectivity index (χ1n) is 5.97. The Morgan fingerprint density at radius 1 is 1.30 bits per heavy atom. The van der Waals surface area contributed by atoms with Gasteiger partial charge in [0, 0.05) is 18.1 Å². The van der Waals surface area contributed by atoms with E-state index in [1.54, 1.807) is 12.1 Å². The lowest BCUT2D eigenvalue weighted by Crippen LogP contribution is -2.05. The third kappa shape index (κ3) is 2.18. The molecule has 1 aliphatic rings. The number of rotatable bonds is 2. The molecule has 1 unspecified atom stereocenters. The summed E-state index contributed by atoms with van der Waals surface area (Å²) in [5, 5.41) is 4.67. The lowest BCUT2D eigenvalue weighted by Gasteiger charge is -2.10. The summed E-state index contributed by atoms with van der Waals surface area (Å²) in [6.45, 7) is 0. The summed E-state index contributed by atoms with van der Waals surface area (Å²) >= 11 is 5.91. The predicted octanol–water partition coefficient (Wildman–Crippen LogP) is 3.56. The van der Waals surface area contributed by atoms with E-state index in [1.807, 2.05) is 0 Å². The third-order valence-corrected chi connectivity index (χ3v) is 3.44. The Labute approximate surface area is 119 Å². The van der Waals surface area contributed by atoms with Crippen LogP contribution in [0, 0.1) is 11.6 Å². The van der Waals surface area contributed by atoms with Gasteiger partial charge >= 0.3 is 0 Å². The number of hydrogen-bond donors (Lipinski definition) is 0. The number of pyridine rings is 1. The molecule has 0 spiro atoms. The molecule has 0 bridgehead atoms. The minimum atomic E-state index is -0.857. The van der Waals surface area contributed by atoms with Crippen molar-refractivity contribution in [3.63, 3.8) is 0 Å². The molecule has 1 radical (unpaired) electrons. The molecule has 103 valence electrons. The molecule has 1 aliphatic heterocycles. The van der Waals surface area contributed by atoms with Crippen LogP contribution in [-0.4, -0.2) is 12.1 Å². The maximum Gasteiger partial charge on any atom is 0.214 e.